The number of fused-ring (bicyclic) bond motifs is 1. The van der Waals surface area contributed by atoms with Gasteiger partial charge in [0.05, 0.1) is 29.4 Å². The zero-order valence-corrected chi connectivity index (χ0v) is 25.0. The maximum absolute atomic E-state index is 14.0. The van der Waals surface area contributed by atoms with Crippen LogP contribution in [0.5, 0.6) is 0 Å². The molecule has 5 nitrogen and oxygen atoms in total. The molecule has 1 unspecified atom stereocenters. The van der Waals surface area contributed by atoms with Crippen LogP contribution in [-0.4, -0.2) is 18.7 Å². The van der Waals surface area contributed by atoms with E-state index in [9.17, 15) is 9.59 Å². The van der Waals surface area contributed by atoms with Crippen molar-refractivity contribution in [3.8, 4) is 32.0 Å². The molecule has 0 N–H and O–H groups in total. The summed E-state index contributed by atoms with van der Waals surface area (Å²) in [5.74, 6) is 0.279. The van der Waals surface area contributed by atoms with Gasteiger partial charge in [-0.05, 0) is 68.5 Å². The molecule has 0 spiro atoms. The molecule has 0 bridgehead atoms. The molecule has 1 atom stereocenters. The molecule has 35 heavy (non-hydrogen) atoms. The Hall–Kier alpha value is -1.68. The van der Waals surface area contributed by atoms with Crippen molar-refractivity contribution in [2.45, 2.75) is 46.1 Å². The van der Waals surface area contributed by atoms with Gasteiger partial charge < -0.3 is 0 Å². The van der Waals surface area contributed by atoms with Crippen LogP contribution in [0.15, 0.2) is 51.4 Å². The van der Waals surface area contributed by atoms with E-state index < -0.39 is 0 Å². The monoisotopic (exact) mass is 635 g/mol. The second-order valence-corrected chi connectivity index (χ2v) is 13.4. The third-order valence-electron chi connectivity index (χ3n) is 6.44. The summed E-state index contributed by atoms with van der Waals surface area (Å²) in [6.07, 6.45) is 4.10. The third-order valence-corrected chi connectivity index (χ3v) is 9.72. The van der Waals surface area contributed by atoms with E-state index in [1.807, 2.05) is 24.3 Å². The number of thiophene rings is 2. The van der Waals surface area contributed by atoms with Gasteiger partial charge in [-0.25, -0.2) is 0 Å². The first-order valence-corrected chi connectivity index (χ1v) is 14.9. The topological polar surface area (TPSA) is 63.8 Å². The number of hydrogen-bond acceptors (Lipinski definition) is 6. The molecule has 2 aliphatic rings. The zero-order chi connectivity index (χ0) is 25.3. The van der Waals surface area contributed by atoms with Crippen molar-refractivity contribution in [1.29, 1.82) is 0 Å². The van der Waals surface area contributed by atoms with E-state index in [0.29, 0.717) is 39.5 Å². The van der Waals surface area contributed by atoms with Crippen molar-refractivity contribution in [1.82, 2.24) is 4.57 Å². The first kappa shape index (κ1) is 26.4. The second kappa shape index (κ2) is 11.2. The summed E-state index contributed by atoms with van der Waals surface area (Å²) in [6.45, 7) is 4.72. The summed E-state index contributed by atoms with van der Waals surface area (Å²) in [6, 6.07) is 7.85. The van der Waals surface area contributed by atoms with Gasteiger partial charge in [-0.3, -0.25) is 24.1 Å². The van der Waals surface area contributed by atoms with Crippen molar-refractivity contribution in [2.75, 3.05) is 14.1 Å². The lowest BCUT2D eigenvalue weighted by Crippen LogP contribution is -2.32. The fourth-order valence-electron chi connectivity index (χ4n) is 4.67. The van der Waals surface area contributed by atoms with Gasteiger partial charge in [-0.1, -0.05) is 33.1 Å². The Morgan fingerprint density at radius 1 is 0.829 bits per heavy atom. The van der Waals surface area contributed by atoms with Gasteiger partial charge in [-0.2, -0.15) is 0 Å². The van der Waals surface area contributed by atoms with Crippen LogP contribution in [0.2, 0.25) is 0 Å². The molecule has 0 radical (unpaired) electrons. The fourth-order valence-corrected chi connectivity index (χ4v) is 7.54. The number of nitrogens with zero attached hydrogens (tertiary/aromatic N) is 3. The van der Waals surface area contributed by atoms with Gasteiger partial charge >= 0.3 is 0 Å². The molecule has 0 fully saturated rings. The molecule has 184 valence electrons. The highest BCUT2D eigenvalue weighted by atomic mass is 79.9. The summed E-state index contributed by atoms with van der Waals surface area (Å²) in [5, 5.41) is 1.28. The molecular weight excluding hydrogens is 610 g/mol. The number of benzene rings is 1. The Balaban J connectivity index is 2.17. The molecule has 2 aromatic rings. The second-order valence-electron chi connectivity index (χ2n) is 8.49. The SMILES string of the molecule is CCCCC(CC)Cn1c(=O)c2c(-c3ccc(Br)s3)c(=NC)c(=NC)c(-c3ccc(Br)s3)c-2c1=O. The predicted molar refractivity (Wildman–Crippen MR) is 154 cm³/mol. The minimum atomic E-state index is -0.233. The van der Waals surface area contributed by atoms with E-state index in [-0.39, 0.29) is 17.0 Å². The van der Waals surface area contributed by atoms with E-state index in [0.717, 1.165) is 43.0 Å². The van der Waals surface area contributed by atoms with Crippen LogP contribution in [0, 0.1) is 5.92 Å². The lowest BCUT2D eigenvalue weighted by Gasteiger charge is -2.13. The van der Waals surface area contributed by atoms with Crippen molar-refractivity contribution >= 4 is 54.5 Å². The molecule has 1 aliphatic heterocycles. The Labute approximate surface area is 229 Å². The molecule has 0 saturated heterocycles. The van der Waals surface area contributed by atoms with Crippen molar-refractivity contribution in [3.63, 3.8) is 0 Å². The highest BCUT2D eigenvalue weighted by Crippen LogP contribution is 2.39. The Morgan fingerprint density at radius 3 is 1.66 bits per heavy atom. The summed E-state index contributed by atoms with van der Waals surface area (Å²) in [5.41, 5.74) is 1.82. The standard InChI is InChI=1S/C26H27Br2N3O2S2/c1-5-7-8-14(6-2)13-31-25(32)21-19(15-9-11-17(27)34-15)23(29-3)24(30-4)20(22(21)26(31)33)16-10-12-18(28)35-16/h9-12,14H,5-8,13H2,1-4H3. The van der Waals surface area contributed by atoms with Gasteiger partial charge in [0.1, 0.15) is 0 Å². The average molecular weight is 637 g/mol. The highest BCUT2D eigenvalue weighted by molar-refractivity contribution is 9.11. The van der Waals surface area contributed by atoms with E-state index in [2.05, 4.69) is 55.7 Å². The highest BCUT2D eigenvalue weighted by Gasteiger charge is 2.31. The maximum Gasteiger partial charge on any atom is 0.262 e. The van der Waals surface area contributed by atoms with Gasteiger partial charge in [0.25, 0.3) is 11.1 Å². The van der Waals surface area contributed by atoms with Gasteiger partial charge in [0.2, 0.25) is 0 Å². The molecule has 0 saturated carbocycles. The van der Waals surface area contributed by atoms with Crippen molar-refractivity contribution in [3.05, 3.63) is 63.3 Å². The average Bonchev–Trinajstić information content (AvgIpc) is 3.54. The Bertz CT molecular complexity index is 1450. The molecule has 0 amide bonds. The summed E-state index contributed by atoms with van der Waals surface area (Å²) in [7, 11) is 3.43. The van der Waals surface area contributed by atoms with Crippen LogP contribution >= 0.6 is 54.5 Å². The normalized spacial score (nSPS) is 13.9. The smallest absolute Gasteiger partial charge is 0.262 e. The first-order valence-electron chi connectivity index (χ1n) is 11.7. The molecule has 4 rings (SSSR count). The van der Waals surface area contributed by atoms with Gasteiger partial charge in [-0.15, -0.1) is 22.7 Å². The third kappa shape index (κ3) is 4.84. The Kier molecular flexibility index (Phi) is 8.41. The molecule has 1 aliphatic carbocycles. The van der Waals surface area contributed by atoms with Gasteiger partial charge in [0, 0.05) is 41.5 Å². The molecule has 3 heterocycles. The zero-order valence-electron chi connectivity index (χ0n) is 20.2. The van der Waals surface area contributed by atoms with Crippen LogP contribution < -0.4 is 21.8 Å². The number of hydrogen-bond donors (Lipinski definition) is 0. The number of unbranched alkanes of at least 4 members (excludes halogenated alkanes) is 1. The van der Waals surface area contributed by atoms with Crippen molar-refractivity contribution < 1.29 is 0 Å². The molecule has 0 aromatic carbocycles. The van der Waals surface area contributed by atoms with Crippen LogP contribution in [0.3, 0.4) is 0 Å². The van der Waals surface area contributed by atoms with Crippen LogP contribution in [-0.2, 0) is 6.54 Å². The predicted octanol–water partition coefficient (Wildman–Crippen LogP) is 6.45. The first-order chi connectivity index (χ1) is 16.9. The fraction of sp³-hybridized carbons (Fsp3) is 0.385. The molecule has 9 heteroatoms. The lowest BCUT2D eigenvalue weighted by atomic mass is 9.93. The van der Waals surface area contributed by atoms with Gasteiger partial charge in [0.15, 0.2) is 0 Å². The van der Waals surface area contributed by atoms with Crippen molar-refractivity contribution in [2.24, 2.45) is 15.9 Å². The Morgan fingerprint density at radius 2 is 1.31 bits per heavy atom. The summed E-state index contributed by atoms with van der Waals surface area (Å²) < 4.78 is 3.36. The van der Waals surface area contributed by atoms with E-state index in [4.69, 9.17) is 0 Å². The van der Waals surface area contributed by atoms with Crippen LogP contribution in [0.25, 0.3) is 32.0 Å². The largest absolute Gasteiger partial charge is 0.286 e. The minimum Gasteiger partial charge on any atom is -0.286 e. The molecular formula is C26H27Br2N3O2S2. The van der Waals surface area contributed by atoms with E-state index in [1.165, 1.54) is 27.2 Å². The summed E-state index contributed by atoms with van der Waals surface area (Å²) in [4.78, 5) is 39.0. The maximum atomic E-state index is 14.0. The van der Waals surface area contributed by atoms with E-state index >= 15 is 0 Å². The molecule has 2 aromatic heterocycles. The minimum absolute atomic E-state index is 0.233. The lowest BCUT2D eigenvalue weighted by molar-refractivity contribution is 0.383. The van der Waals surface area contributed by atoms with E-state index in [1.54, 1.807) is 14.1 Å². The number of halogens is 2. The number of aromatic nitrogens is 1. The van der Waals surface area contributed by atoms with Crippen LogP contribution in [0.1, 0.15) is 39.5 Å². The number of rotatable bonds is 8. The summed E-state index contributed by atoms with van der Waals surface area (Å²) >= 11 is 10.1. The van der Waals surface area contributed by atoms with Crippen LogP contribution in [0.4, 0.5) is 0 Å². The quantitative estimate of drug-likeness (QED) is 0.223.